The zero-order valence-corrected chi connectivity index (χ0v) is 11.2. The Morgan fingerprint density at radius 2 is 2.05 bits per heavy atom. The first-order chi connectivity index (χ1) is 8.97. The van der Waals surface area contributed by atoms with Crippen molar-refractivity contribution in [3.8, 4) is 0 Å². The van der Waals surface area contributed by atoms with E-state index in [2.05, 4.69) is 10.3 Å². The van der Waals surface area contributed by atoms with E-state index in [0.717, 1.165) is 5.39 Å². The van der Waals surface area contributed by atoms with Crippen LogP contribution in [0.5, 0.6) is 0 Å². The lowest BCUT2D eigenvalue weighted by Crippen LogP contribution is -2.09. The molecule has 0 spiro atoms. The van der Waals surface area contributed by atoms with Gasteiger partial charge in [-0.1, -0.05) is 11.6 Å². The number of rotatable bonds is 4. The van der Waals surface area contributed by atoms with Crippen LogP contribution in [0.2, 0.25) is 5.02 Å². The fourth-order valence-electron chi connectivity index (χ4n) is 1.63. The Labute approximate surface area is 117 Å². The number of hydrogen-bond donors (Lipinski definition) is 1. The lowest BCUT2D eigenvalue weighted by atomic mass is 10.2. The fourth-order valence-corrected chi connectivity index (χ4v) is 2.28. The minimum Gasteiger partial charge on any atom is -0.382 e. The second kappa shape index (κ2) is 5.88. The topological polar surface area (TPSA) is 24.9 Å². The molecule has 0 amide bonds. The molecule has 0 aliphatic rings. The van der Waals surface area contributed by atoms with Gasteiger partial charge in [0.1, 0.15) is 0 Å². The van der Waals surface area contributed by atoms with Crippen molar-refractivity contribution < 1.29 is 13.2 Å². The van der Waals surface area contributed by atoms with Crippen LogP contribution in [0.3, 0.4) is 0 Å². The largest absolute Gasteiger partial charge is 0.441 e. The van der Waals surface area contributed by atoms with Gasteiger partial charge in [0.25, 0.3) is 0 Å². The molecule has 102 valence electrons. The lowest BCUT2D eigenvalue weighted by molar-refractivity contribution is -0.0327. The summed E-state index contributed by atoms with van der Waals surface area (Å²) in [6.07, 6.45) is 1.62. The summed E-state index contributed by atoms with van der Waals surface area (Å²) in [4.78, 5) is 4.19. The Morgan fingerprint density at radius 1 is 1.26 bits per heavy atom. The molecule has 1 aromatic heterocycles. The van der Waals surface area contributed by atoms with E-state index in [9.17, 15) is 13.2 Å². The number of nitrogens with zero attached hydrogens (tertiary/aromatic N) is 1. The average Bonchev–Trinajstić information content (AvgIpc) is 2.36. The number of pyridine rings is 1. The molecule has 0 aliphatic heterocycles. The van der Waals surface area contributed by atoms with E-state index in [0.29, 0.717) is 16.2 Å². The summed E-state index contributed by atoms with van der Waals surface area (Å²) in [6, 6.07) is 7.00. The maximum Gasteiger partial charge on any atom is 0.441 e. The molecule has 0 bridgehead atoms. The highest BCUT2D eigenvalue weighted by molar-refractivity contribution is 8.00. The van der Waals surface area contributed by atoms with E-state index < -0.39 is 5.51 Å². The summed E-state index contributed by atoms with van der Waals surface area (Å²) in [5, 5.41) is 4.29. The summed E-state index contributed by atoms with van der Waals surface area (Å²) in [6.45, 7) is 0.206. The maximum absolute atomic E-state index is 12.0. The predicted octanol–water partition coefficient (Wildman–Crippen LogP) is 4.55. The molecule has 0 aliphatic carbocycles. The van der Waals surface area contributed by atoms with Gasteiger partial charge >= 0.3 is 5.51 Å². The standard InChI is InChI=1S/C12H10ClF3N2S/c13-9-3-4-10(11-8(9)2-1-5-18-11)17-6-7-19-12(14,15)16/h1-5,17H,6-7H2. The number of hydrogen-bond acceptors (Lipinski definition) is 3. The van der Waals surface area contributed by atoms with Gasteiger partial charge in [0.05, 0.1) is 16.2 Å². The van der Waals surface area contributed by atoms with E-state index >= 15 is 0 Å². The van der Waals surface area contributed by atoms with Crippen LogP contribution in [0.15, 0.2) is 30.5 Å². The smallest absolute Gasteiger partial charge is 0.382 e. The number of thioether (sulfide) groups is 1. The average molecular weight is 307 g/mol. The first-order valence-corrected chi connectivity index (χ1v) is 6.81. The molecule has 2 nitrogen and oxygen atoms in total. The fraction of sp³-hybridized carbons (Fsp3) is 0.250. The van der Waals surface area contributed by atoms with Crippen LogP contribution in [-0.2, 0) is 0 Å². The Kier molecular flexibility index (Phi) is 4.42. The normalized spacial score (nSPS) is 11.8. The predicted molar refractivity (Wildman–Crippen MR) is 73.8 cm³/mol. The zero-order valence-electron chi connectivity index (χ0n) is 9.67. The highest BCUT2D eigenvalue weighted by Crippen LogP contribution is 2.30. The van der Waals surface area contributed by atoms with Crippen molar-refractivity contribution in [2.75, 3.05) is 17.6 Å². The quantitative estimate of drug-likeness (QED) is 0.839. The van der Waals surface area contributed by atoms with Crippen LogP contribution in [0.25, 0.3) is 10.9 Å². The van der Waals surface area contributed by atoms with E-state index in [1.54, 1.807) is 24.4 Å². The molecule has 7 heteroatoms. The second-order valence-corrected chi connectivity index (χ2v) is 5.28. The SMILES string of the molecule is FC(F)(F)SCCNc1ccc(Cl)c2cccnc12. The Hall–Kier alpha value is -1.14. The van der Waals surface area contributed by atoms with Crippen LogP contribution in [0.4, 0.5) is 18.9 Å². The van der Waals surface area contributed by atoms with Crippen LogP contribution in [-0.4, -0.2) is 22.8 Å². The molecule has 2 rings (SSSR count). The minimum absolute atomic E-state index is 0.0476. The Balaban J connectivity index is 2.07. The van der Waals surface area contributed by atoms with Gasteiger partial charge in [0.2, 0.25) is 0 Å². The first kappa shape index (κ1) is 14.3. The number of benzene rings is 1. The number of fused-ring (bicyclic) bond motifs is 1. The molecule has 0 saturated heterocycles. The molecule has 1 aromatic carbocycles. The van der Waals surface area contributed by atoms with Gasteiger partial charge in [0, 0.05) is 23.9 Å². The van der Waals surface area contributed by atoms with Gasteiger partial charge in [-0.05, 0) is 36.0 Å². The zero-order chi connectivity index (χ0) is 13.9. The van der Waals surface area contributed by atoms with Gasteiger partial charge < -0.3 is 5.32 Å². The summed E-state index contributed by atoms with van der Waals surface area (Å²) >= 11 is 5.98. The first-order valence-electron chi connectivity index (χ1n) is 5.45. The molecule has 19 heavy (non-hydrogen) atoms. The Morgan fingerprint density at radius 3 is 2.79 bits per heavy atom. The molecule has 0 atom stereocenters. The monoisotopic (exact) mass is 306 g/mol. The number of alkyl halides is 3. The summed E-state index contributed by atoms with van der Waals surface area (Å²) in [5.41, 5.74) is -2.85. The van der Waals surface area contributed by atoms with Crippen LogP contribution < -0.4 is 5.32 Å². The number of nitrogens with one attached hydrogen (secondary N) is 1. The van der Waals surface area contributed by atoms with Crippen molar-refractivity contribution in [2.24, 2.45) is 0 Å². The maximum atomic E-state index is 12.0. The molecule has 1 N–H and O–H groups in total. The molecule has 0 saturated carbocycles. The van der Waals surface area contributed by atoms with Crippen molar-refractivity contribution >= 4 is 40.0 Å². The van der Waals surface area contributed by atoms with E-state index in [4.69, 9.17) is 11.6 Å². The van der Waals surface area contributed by atoms with E-state index in [1.165, 1.54) is 0 Å². The van der Waals surface area contributed by atoms with Crippen LogP contribution >= 0.6 is 23.4 Å². The molecule has 0 unspecified atom stereocenters. The van der Waals surface area contributed by atoms with Crippen LogP contribution in [0, 0.1) is 0 Å². The van der Waals surface area contributed by atoms with Gasteiger partial charge in [-0.2, -0.15) is 13.2 Å². The number of aromatic nitrogens is 1. The van der Waals surface area contributed by atoms with Crippen molar-refractivity contribution in [1.82, 2.24) is 4.98 Å². The van der Waals surface area contributed by atoms with E-state index in [1.807, 2.05) is 6.07 Å². The lowest BCUT2D eigenvalue weighted by Gasteiger charge is -2.10. The van der Waals surface area contributed by atoms with E-state index in [-0.39, 0.29) is 24.1 Å². The van der Waals surface area contributed by atoms with Crippen molar-refractivity contribution in [2.45, 2.75) is 5.51 Å². The van der Waals surface area contributed by atoms with Gasteiger partial charge in [-0.3, -0.25) is 4.98 Å². The minimum atomic E-state index is -4.19. The van der Waals surface area contributed by atoms with Gasteiger partial charge in [-0.15, -0.1) is 0 Å². The summed E-state index contributed by atoms with van der Waals surface area (Å²) < 4.78 is 36.0. The molecule has 0 fully saturated rings. The third-order valence-corrected chi connectivity index (χ3v) is 3.46. The molecular weight excluding hydrogens is 297 g/mol. The van der Waals surface area contributed by atoms with Crippen LogP contribution in [0.1, 0.15) is 0 Å². The second-order valence-electron chi connectivity index (χ2n) is 3.72. The Bertz CT molecular complexity index is 574. The van der Waals surface area contributed by atoms with Crippen molar-refractivity contribution in [1.29, 1.82) is 0 Å². The highest BCUT2D eigenvalue weighted by atomic mass is 35.5. The molecule has 2 aromatic rings. The van der Waals surface area contributed by atoms with Gasteiger partial charge in [-0.25, -0.2) is 0 Å². The summed E-state index contributed by atoms with van der Waals surface area (Å²) in [5.74, 6) is -0.0551. The summed E-state index contributed by atoms with van der Waals surface area (Å²) in [7, 11) is 0. The van der Waals surface area contributed by atoms with Crippen molar-refractivity contribution in [3.05, 3.63) is 35.5 Å². The number of halogens is 4. The third kappa shape index (κ3) is 3.91. The molecular formula is C12H10ClF3N2S. The molecule has 1 heterocycles. The molecule has 0 radical (unpaired) electrons. The number of anilines is 1. The third-order valence-electron chi connectivity index (χ3n) is 2.40. The van der Waals surface area contributed by atoms with Gasteiger partial charge in [0.15, 0.2) is 0 Å². The highest BCUT2D eigenvalue weighted by Gasteiger charge is 2.27. The van der Waals surface area contributed by atoms with Crippen molar-refractivity contribution in [3.63, 3.8) is 0 Å².